The molecular weight excluding hydrogens is 304 g/mol. The molecule has 22 heavy (non-hydrogen) atoms. The van der Waals surface area contributed by atoms with Gasteiger partial charge in [-0.3, -0.25) is 4.98 Å². The molecule has 8 heteroatoms. The van der Waals surface area contributed by atoms with Crippen LogP contribution in [0.5, 0.6) is 0 Å². The fraction of sp³-hybridized carbons (Fsp3) is 0.500. The summed E-state index contributed by atoms with van der Waals surface area (Å²) in [6, 6.07) is 0. The molecule has 7 nitrogen and oxygen atoms in total. The molecule has 0 aromatic carbocycles. The maximum absolute atomic E-state index is 11.6. The van der Waals surface area contributed by atoms with Gasteiger partial charge in [-0.05, 0) is 25.2 Å². The highest BCUT2D eigenvalue weighted by atomic mass is 32.2. The first-order valence-corrected chi connectivity index (χ1v) is 9.03. The first-order valence-electron chi connectivity index (χ1n) is 7.18. The Kier molecular flexibility index (Phi) is 4.21. The Hall–Kier alpha value is -1.80. The summed E-state index contributed by atoms with van der Waals surface area (Å²) in [6.45, 7) is 1.17. The number of piperidine rings is 1. The van der Waals surface area contributed by atoms with Gasteiger partial charge in [-0.25, -0.2) is 22.7 Å². The number of hydrogen-bond acceptors (Lipinski definition) is 6. The third kappa shape index (κ3) is 3.50. The third-order valence-corrected chi connectivity index (χ3v) is 5.07. The summed E-state index contributed by atoms with van der Waals surface area (Å²) in [5.41, 5.74) is 1.45. The molecule has 0 aliphatic carbocycles. The van der Waals surface area contributed by atoms with Gasteiger partial charge in [0.25, 0.3) is 0 Å². The Labute approximate surface area is 129 Å². The van der Waals surface area contributed by atoms with E-state index in [2.05, 4.69) is 15.0 Å². The average molecular weight is 322 g/mol. The predicted octanol–water partition coefficient (Wildman–Crippen LogP) is 1.35. The summed E-state index contributed by atoms with van der Waals surface area (Å²) >= 11 is 0. The molecule has 0 radical (unpaired) electrons. The number of oxazole rings is 1. The standard InChI is InChI=1S/C14H18N4O3S/c1-22(19,20)18-5-2-3-11(10-18)7-12-8-17-13(9-16-12)14-15-4-6-21-14/h4,6,8-9,11H,2-3,5,7,10H2,1H3/t11-/m0/s1. The molecule has 3 rings (SSSR count). The quantitative estimate of drug-likeness (QED) is 0.844. The molecule has 1 atom stereocenters. The lowest BCUT2D eigenvalue weighted by Gasteiger charge is -2.30. The molecule has 0 saturated carbocycles. The van der Waals surface area contributed by atoms with Gasteiger partial charge < -0.3 is 4.42 Å². The summed E-state index contributed by atoms with van der Waals surface area (Å²) in [7, 11) is -3.11. The van der Waals surface area contributed by atoms with Crippen molar-refractivity contribution >= 4 is 10.0 Å². The van der Waals surface area contributed by atoms with Gasteiger partial charge in [0.15, 0.2) is 0 Å². The molecule has 1 fully saturated rings. The molecule has 0 unspecified atom stereocenters. The molecule has 3 heterocycles. The molecule has 0 amide bonds. The zero-order valence-electron chi connectivity index (χ0n) is 12.3. The van der Waals surface area contributed by atoms with Gasteiger partial charge in [0.2, 0.25) is 15.9 Å². The van der Waals surface area contributed by atoms with Gasteiger partial charge in [-0.1, -0.05) is 0 Å². The van der Waals surface area contributed by atoms with Crippen molar-refractivity contribution in [3.05, 3.63) is 30.5 Å². The summed E-state index contributed by atoms with van der Waals surface area (Å²) in [5, 5.41) is 0. The Morgan fingerprint density at radius 2 is 2.18 bits per heavy atom. The maximum Gasteiger partial charge on any atom is 0.246 e. The molecule has 0 N–H and O–H groups in total. The lowest BCUT2D eigenvalue weighted by molar-refractivity contribution is 0.265. The van der Waals surface area contributed by atoms with Crippen LogP contribution in [0.4, 0.5) is 0 Å². The van der Waals surface area contributed by atoms with E-state index in [1.165, 1.54) is 12.5 Å². The molecule has 0 spiro atoms. The van der Waals surface area contributed by atoms with Crippen molar-refractivity contribution in [3.8, 4) is 11.6 Å². The van der Waals surface area contributed by atoms with Crippen LogP contribution in [0.2, 0.25) is 0 Å². The fourth-order valence-electron chi connectivity index (χ4n) is 2.71. The Morgan fingerprint density at radius 1 is 1.32 bits per heavy atom. The monoisotopic (exact) mass is 322 g/mol. The highest BCUT2D eigenvalue weighted by Crippen LogP contribution is 2.22. The van der Waals surface area contributed by atoms with Crippen molar-refractivity contribution in [1.29, 1.82) is 0 Å². The molecule has 118 valence electrons. The predicted molar refractivity (Wildman–Crippen MR) is 80.4 cm³/mol. The van der Waals surface area contributed by atoms with E-state index in [0.29, 0.717) is 24.7 Å². The van der Waals surface area contributed by atoms with E-state index < -0.39 is 10.0 Å². The van der Waals surface area contributed by atoms with Crippen molar-refractivity contribution in [1.82, 2.24) is 19.3 Å². The van der Waals surface area contributed by atoms with E-state index in [-0.39, 0.29) is 5.92 Å². The van der Waals surface area contributed by atoms with Gasteiger partial charge in [-0.2, -0.15) is 0 Å². The van der Waals surface area contributed by atoms with Crippen molar-refractivity contribution < 1.29 is 12.8 Å². The van der Waals surface area contributed by atoms with Crippen molar-refractivity contribution in [3.63, 3.8) is 0 Å². The van der Waals surface area contributed by atoms with Gasteiger partial charge in [0.1, 0.15) is 12.0 Å². The van der Waals surface area contributed by atoms with E-state index in [1.54, 1.807) is 22.9 Å². The molecule has 2 aromatic rings. The molecule has 2 aromatic heterocycles. The lowest BCUT2D eigenvalue weighted by atomic mass is 9.95. The van der Waals surface area contributed by atoms with Gasteiger partial charge in [0, 0.05) is 19.3 Å². The maximum atomic E-state index is 11.6. The minimum absolute atomic E-state index is 0.283. The minimum atomic E-state index is -3.11. The van der Waals surface area contributed by atoms with Gasteiger partial charge >= 0.3 is 0 Å². The van der Waals surface area contributed by atoms with Crippen LogP contribution < -0.4 is 0 Å². The summed E-state index contributed by atoms with van der Waals surface area (Å²) in [5.74, 6) is 0.727. The highest BCUT2D eigenvalue weighted by molar-refractivity contribution is 7.88. The van der Waals surface area contributed by atoms with Crippen LogP contribution in [0.3, 0.4) is 0 Å². The third-order valence-electron chi connectivity index (χ3n) is 3.81. The summed E-state index contributed by atoms with van der Waals surface area (Å²) in [6.07, 6.45) is 10.3. The van der Waals surface area contributed by atoms with Crippen LogP contribution >= 0.6 is 0 Å². The van der Waals surface area contributed by atoms with Crippen molar-refractivity contribution in [2.75, 3.05) is 19.3 Å². The average Bonchev–Trinajstić information content (AvgIpc) is 3.02. The van der Waals surface area contributed by atoms with Crippen LogP contribution in [0.1, 0.15) is 18.5 Å². The number of rotatable bonds is 4. The van der Waals surface area contributed by atoms with E-state index in [1.807, 2.05) is 0 Å². The number of hydrogen-bond donors (Lipinski definition) is 0. The largest absolute Gasteiger partial charge is 0.443 e. The second kappa shape index (κ2) is 6.13. The Bertz CT molecular complexity index is 713. The topological polar surface area (TPSA) is 89.2 Å². The first kappa shape index (κ1) is 15.1. The van der Waals surface area contributed by atoms with Crippen molar-refractivity contribution in [2.45, 2.75) is 19.3 Å². The summed E-state index contributed by atoms with van der Waals surface area (Å²) < 4.78 is 30.0. The van der Waals surface area contributed by atoms with Gasteiger partial charge in [0.05, 0.1) is 24.3 Å². The number of sulfonamides is 1. The molecule has 1 saturated heterocycles. The molecule has 1 aliphatic heterocycles. The molecule has 0 bridgehead atoms. The lowest BCUT2D eigenvalue weighted by Crippen LogP contribution is -2.39. The van der Waals surface area contributed by atoms with Crippen LogP contribution in [-0.4, -0.2) is 47.0 Å². The fourth-order valence-corrected chi connectivity index (χ4v) is 3.65. The van der Waals surface area contributed by atoms with E-state index >= 15 is 0 Å². The Morgan fingerprint density at radius 3 is 2.82 bits per heavy atom. The smallest absolute Gasteiger partial charge is 0.246 e. The van der Waals surface area contributed by atoms with E-state index in [0.717, 1.165) is 25.0 Å². The number of nitrogens with zero attached hydrogens (tertiary/aromatic N) is 4. The Balaban J connectivity index is 1.66. The minimum Gasteiger partial charge on any atom is -0.443 e. The summed E-state index contributed by atoms with van der Waals surface area (Å²) in [4.78, 5) is 12.7. The molecule has 1 aliphatic rings. The second-order valence-electron chi connectivity index (χ2n) is 5.56. The normalized spacial score (nSPS) is 20.1. The van der Waals surface area contributed by atoms with Gasteiger partial charge in [-0.15, -0.1) is 0 Å². The molecular formula is C14H18N4O3S. The van der Waals surface area contributed by atoms with Crippen LogP contribution in [0.15, 0.2) is 29.3 Å². The van der Waals surface area contributed by atoms with Crippen LogP contribution in [-0.2, 0) is 16.4 Å². The van der Waals surface area contributed by atoms with Crippen LogP contribution in [0, 0.1) is 5.92 Å². The van der Waals surface area contributed by atoms with E-state index in [9.17, 15) is 8.42 Å². The van der Waals surface area contributed by atoms with Crippen LogP contribution in [0.25, 0.3) is 11.6 Å². The SMILES string of the molecule is CS(=O)(=O)N1CCC[C@@H](Cc2cnc(-c3ncco3)cn2)C1. The van der Waals surface area contributed by atoms with E-state index in [4.69, 9.17) is 4.42 Å². The zero-order chi connectivity index (χ0) is 15.6. The van der Waals surface area contributed by atoms with Crippen molar-refractivity contribution in [2.24, 2.45) is 5.92 Å². The highest BCUT2D eigenvalue weighted by Gasteiger charge is 2.26. The number of aromatic nitrogens is 3. The zero-order valence-corrected chi connectivity index (χ0v) is 13.2. The first-order chi connectivity index (χ1) is 10.5. The second-order valence-corrected chi connectivity index (χ2v) is 7.55.